The molecule has 0 aromatic rings. The molecular weight excluding hydrogens is 164 g/mol. The van der Waals surface area contributed by atoms with Crippen molar-refractivity contribution in [2.75, 3.05) is 27.7 Å². The van der Waals surface area contributed by atoms with Gasteiger partial charge >= 0.3 is 0 Å². The molecule has 0 heterocycles. The summed E-state index contributed by atoms with van der Waals surface area (Å²) >= 11 is 0. The molecule has 0 aliphatic heterocycles. The molecule has 0 unspecified atom stereocenters. The van der Waals surface area contributed by atoms with Crippen LogP contribution in [0.1, 0.15) is 19.8 Å². The predicted octanol–water partition coefficient (Wildman–Crippen LogP) is 1.27. The van der Waals surface area contributed by atoms with Gasteiger partial charge in [-0.2, -0.15) is 0 Å². The average molecular weight is 186 g/mol. The maximum absolute atomic E-state index is 9.95. The van der Waals surface area contributed by atoms with Gasteiger partial charge in [-0.05, 0) is 33.1 Å². The summed E-state index contributed by atoms with van der Waals surface area (Å²) < 4.78 is 0. The summed E-state index contributed by atoms with van der Waals surface area (Å²) in [7, 11) is 5.77. The lowest BCUT2D eigenvalue weighted by Gasteiger charge is -2.05. The molecule has 1 amide bonds. The minimum absolute atomic E-state index is 0.144. The van der Waals surface area contributed by atoms with E-state index in [1.165, 1.54) is 25.5 Å². The lowest BCUT2D eigenvalue weighted by atomic mass is 10.3. The number of likely N-dealkylation sites (N-methyl/N-ethyl adjacent to an activating group) is 1. The fourth-order valence-corrected chi connectivity index (χ4v) is 0.576. The maximum Gasteiger partial charge on any atom is 0.243 e. The van der Waals surface area contributed by atoms with Crippen LogP contribution >= 0.6 is 0 Å². The molecule has 0 radical (unpaired) electrons. The highest BCUT2D eigenvalue weighted by Gasteiger charge is 1.83. The maximum atomic E-state index is 9.95. The number of hydrogen-bond donors (Lipinski definition) is 1. The molecule has 0 aromatic carbocycles. The number of unbranched alkanes of at least 4 members (excludes halogenated alkanes) is 1. The van der Waals surface area contributed by atoms with E-state index in [9.17, 15) is 4.79 Å². The van der Waals surface area contributed by atoms with Crippen LogP contribution in [0.4, 0.5) is 0 Å². The first-order valence-corrected chi connectivity index (χ1v) is 4.57. The summed E-state index contributed by atoms with van der Waals surface area (Å²) in [5, 5.41) is 2.36. The van der Waals surface area contributed by atoms with Crippen molar-refractivity contribution in [2.24, 2.45) is 0 Å². The van der Waals surface area contributed by atoms with Gasteiger partial charge < -0.3 is 10.2 Å². The van der Waals surface area contributed by atoms with Crippen molar-refractivity contribution in [3.05, 3.63) is 12.7 Å². The van der Waals surface area contributed by atoms with Gasteiger partial charge in [0, 0.05) is 7.05 Å². The van der Waals surface area contributed by atoms with Crippen molar-refractivity contribution in [3.8, 4) is 0 Å². The summed E-state index contributed by atoms with van der Waals surface area (Å²) in [4.78, 5) is 12.2. The van der Waals surface area contributed by atoms with Crippen molar-refractivity contribution >= 4 is 5.91 Å². The Balaban J connectivity index is 0. The third-order valence-corrected chi connectivity index (χ3v) is 1.39. The monoisotopic (exact) mass is 186 g/mol. The largest absolute Gasteiger partial charge is 0.356 e. The van der Waals surface area contributed by atoms with E-state index in [1.807, 2.05) is 0 Å². The van der Waals surface area contributed by atoms with Gasteiger partial charge in [0.25, 0.3) is 0 Å². The average Bonchev–Trinajstić information content (AvgIpc) is 2.14. The van der Waals surface area contributed by atoms with Crippen LogP contribution in [-0.2, 0) is 4.79 Å². The van der Waals surface area contributed by atoms with Crippen LogP contribution in [0.2, 0.25) is 0 Å². The standard InChI is InChI=1S/C6H15N.C4H7NO/c1-4-5-6-7(2)3;1-3-4(6)5-2/h4-6H2,1-3H3;3H,1H2,2H3,(H,5,6). The molecule has 0 saturated carbocycles. The minimum atomic E-state index is -0.144. The molecule has 13 heavy (non-hydrogen) atoms. The lowest BCUT2D eigenvalue weighted by Crippen LogP contribution is -2.13. The lowest BCUT2D eigenvalue weighted by molar-refractivity contribution is -0.116. The number of hydrogen-bond acceptors (Lipinski definition) is 2. The Morgan fingerprint density at radius 3 is 2.15 bits per heavy atom. The number of nitrogens with zero attached hydrogens (tertiary/aromatic N) is 1. The second kappa shape index (κ2) is 11.2. The zero-order valence-corrected chi connectivity index (χ0v) is 9.26. The summed E-state index contributed by atoms with van der Waals surface area (Å²) in [6.45, 7) is 6.66. The van der Waals surface area contributed by atoms with E-state index >= 15 is 0 Å². The van der Waals surface area contributed by atoms with Gasteiger partial charge in [-0.3, -0.25) is 4.79 Å². The molecule has 0 aliphatic carbocycles. The summed E-state index contributed by atoms with van der Waals surface area (Å²) in [6.07, 6.45) is 3.85. The normalized spacial score (nSPS) is 8.69. The molecule has 78 valence electrons. The molecule has 3 nitrogen and oxygen atoms in total. The molecule has 0 bridgehead atoms. The van der Waals surface area contributed by atoms with Crippen molar-refractivity contribution in [1.29, 1.82) is 0 Å². The fraction of sp³-hybridized carbons (Fsp3) is 0.700. The van der Waals surface area contributed by atoms with Gasteiger partial charge in [0.05, 0.1) is 0 Å². The van der Waals surface area contributed by atoms with Crippen LogP contribution in [0.3, 0.4) is 0 Å². The molecular formula is C10H22N2O. The van der Waals surface area contributed by atoms with Crippen LogP contribution in [0, 0.1) is 0 Å². The Kier molecular flexibility index (Phi) is 12.6. The third kappa shape index (κ3) is 18.3. The van der Waals surface area contributed by atoms with E-state index in [0.717, 1.165) is 0 Å². The Bertz CT molecular complexity index is 133. The summed E-state index contributed by atoms with van der Waals surface area (Å²) in [5.41, 5.74) is 0. The zero-order chi connectivity index (χ0) is 10.7. The number of rotatable bonds is 4. The zero-order valence-electron chi connectivity index (χ0n) is 9.26. The van der Waals surface area contributed by atoms with Gasteiger partial charge in [-0.25, -0.2) is 0 Å². The van der Waals surface area contributed by atoms with Crippen molar-refractivity contribution in [1.82, 2.24) is 10.2 Å². The third-order valence-electron chi connectivity index (χ3n) is 1.39. The number of nitrogens with one attached hydrogen (secondary N) is 1. The summed E-state index contributed by atoms with van der Waals surface area (Å²) in [6, 6.07) is 0. The molecule has 0 aliphatic rings. The van der Waals surface area contributed by atoms with E-state index in [4.69, 9.17) is 0 Å². The van der Waals surface area contributed by atoms with Gasteiger partial charge in [0.15, 0.2) is 0 Å². The first kappa shape index (κ1) is 14.7. The molecule has 0 spiro atoms. The first-order valence-electron chi connectivity index (χ1n) is 4.57. The summed E-state index contributed by atoms with van der Waals surface area (Å²) in [5.74, 6) is -0.144. The van der Waals surface area contributed by atoms with Gasteiger partial charge in [-0.15, -0.1) is 0 Å². The van der Waals surface area contributed by atoms with Crippen LogP contribution < -0.4 is 5.32 Å². The van der Waals surface area contributed by atoms with Gasteiger partial charge in [0.2, 0.25) is 5.91 Å². The molecule has 3 heteroatoms. The van der Waals surface area contributed by atoms with E-state index in [-0.39, 0.29) is 5.91 Å². The smallest absolute Gasteiger partial charge is 0.243 e. The quantitative estimate of drug-likeness (QED) is 0.671. The highest BCUT2D eigenvalue weighted by Crippen LogP contribution is 1.86. The van der Waals surface area contributed by atoms with Crippen LogP contribution in [0.25, 0.3) is 0 Å². The Morgan fingerprint density at radius 2 is 2.08 bits per heavy atom. The minimum Gasteiger partial charge on any atom is -0.356 e. The highest BCUT2D eigenvalue weighted by atomic mass is 16.1. The Morgan fingerprint density at radius 1 is 1.54 bits per heavy atom. The van der Waals surface area contributed by atoms with E-state index in [2.05, 4.69) is 37.8 Å². The highest BCUT2D eigenvalue weighted by molar-refractivity contribution is 5.86. The number of amides is 1. The fourth-order valence-electron chi connectivity index (χ4n) is 0.576. The molecule has 0 atom stereocenters. The SMILES string of the molecule is C=CC(=O)NC.CCCCN(C)C. The van der Waals surface area contributed by atoms with Crippen molar-refractivity contribution in [3.63, 3.8) is 0 Å². The second-order valence-electron chi connectivity index (χ2n) is 2.98. The van der Waals surface area contributed by atoms with Crippen molar-refractivity contribution < 1.29 is 4.79 Å². The first-order chi connectivity index (χ1) is 6.08. The van der Waals surface area contributed by atoms with Crippen molar-refractivity contribution in [2.45, 2.75) is 19.8 Å². The molecule has 0 saturated heterocycles. The molecule has 0 rings (SSSR count). The Hall–Kier alpha value is -0.830. The van der Waals surface area contributed by atoms with E-state index < -0.39 is 0 Å². The molecule has 0 aromatic heterocycles. The van der Waals surface area contributed by atoms with E-state index in [1.54, 1.807) is 7.05 Å². The van der Waals surface area contributed by atoms with Crippen LogP contribution in [0.15, 0.2) is 12.7 Å². The predicted molar refractivity (Wildman–Crippen MR) is 57.7 cm³/mol. The van der Waals surface area contributed by atoms with Crippen LogP contribution in [0.5, 0.6) is 0 Å². The van der Waals surface area contributed by atoms with Crippen LogP contribution in [-0.4, -0.2) is 38.5 Å². The topological polar surface area (TPSA) is 32.3 Å². The van der Waals surface area contributed by atoms with E-state index in [0.29, 0.717) is 0 Å². The van der Waals surface area contributed by atoms with Gasteiger partial charge in [0.1, 0.15) is 0 Å². The second-order valence-corrected chi connectivity index (χ2v) is 2.98. The Labute approximate surface area is 81.8 Å². The number of carbonyl (C=O) groups excluding carboxylic acids is 1. The van der Waals surface area contributed by atoms with Gasteiger partial charge in [-0.1, -0.05) is 19.9 Å². The molecule has 0 fully saturated rings. The number of carbonyl (C=O) groups is 1. The molecule has 1 N–H and O–H groups in total.